The smallest absolute Gasteiger partial charge is 0.146 e. The van der Waals surface area contributed by atoms with Crippen LogP contribution in [-0.4, -0.2) is 23.8 Å². The molecule has 0 bridgehead atoms. The fraction of sp³-hybridized carbons (Fsp3) is 0.600. The van der Waals surface area contributed by atoms with Gasteiger partial charge in [0, 0.05) is 5.57 Å². The molecule has 0 aromatic carbocycles. The van der Waals surface area contributed by atoms with Crippen molar-refractivity contribution in [2.75, 3.05) is 0 Å². The van der Waals surface area contributed by atoms with Gasteiger partial charge in [-0.25, -0.2) is 0 Å². The number of hydrogen-bond acceptors (Lipinski definition) is 3. The first-order valence-electron chi connectivity index (χ1n) is 4.55. The van der Waals surface area contributed by atoms with Crippen LogP contribution in [0.5, 0.6) is 0 Å². The number of hydrogen-bond donors (Lipinski definition) is 1. The molecule has 1 N–H and O–H groups in total. The molecule has 0 radical (unpaired) electrons. The number of carbonyl (C=O) groups is 2. The van der Waals surface area contributed by atoms with E-state index in [1.165, 1.54) is 0 Å². The number of aldehydes is 2. The molecular weight excluding hydrogens is 168 g/mol. The molecule has 3 heteroatoms. The third-order valence-corrected chi connectivity index (χ3v) is 2.62. The minimum atomic E-state index is -0.673. The van der Waals surface area contributed by atoms with Gasteiger partial charge in [-0.1, -0.05) is 12.5 Å². The summed E-state index contributed by atoms with van der Waals surface area (Å²) in [5, 5.41) is 9.46. The van der Waals surface area contributed by atoms with Crippen LogP contribution in [0, 0.1) is 5.92 Å². The SMILES string of the molecule is CCC1=C(C=O)[C@H](C=O)[C@@H](O)CC1. The first kappa shape index (κ1) is 10.1. The number of carbonyl (C=O) groups excluding carboxylic acids is 2. The summed E-state index contributed by atoms with van der Waals surface area (Å²) in [6.07, 6.45) is 2.81. The lowest BCUT2D eigenvalue weighted by Crippen LogP contribution is -2.29. The molecule has 1 rings (SSSR count). The van der Waals surface area contributed by atoms with E-state index in [-0.39, 0.29) is 0 Å². The van der Waals surface area contributed by atoms with Gasteiger partial charge in [-0.2, -0.15) is 0 Å². The van der Waals surface area contributed by atoms with Crippen molar-refractivity contribution in [3.8, 4) is 0 Å². The van der Waals surface area contributed by atoms with Crippen LogP contribution in [0.1, 0.15) is 26.2 Å². The van der Waals surface area contributed by atoms with E-state index in [0.717, 1.165) is 18.4 Å². The van der Waals surface area contributed by atoms with Crippen LogP contribution >= 0.6 is 0 Å². The highest BCUT2D eigenvalue weighted by Gasteiger charge is 2.28. The first-order chi connectivity index (χ1) is 6.24. The Balaban J connectivity index is 3.01. The van der Waals surface area contributed by atoms with E-state index in [1.807, 2.05) is 6.92 Å². The average molecular weight is 182 g/mol. The van der Waals surface area contributed by atoms with Crippen LogP contribution in [0.15, 0.2) is 11.1 Å². The van der Waals surface area contributed by atoms with Crippen molar-refractivity contribution in [1.29, 1.82) is 0 Å². The first-order valence-corrected chi connectivity index (χ1v) is 4.55. The molecule has 72 valence electrons. The van der Waals surface area contributed by atoms with E-state index in [9.17, 15) is 14.7 Å². The van der Waals surface area contributed by atoms with Crippen LogP contribution in [0.4, 0.5) is 0 Å². The Morgan fingerprint density at radius 2 is 2.23 bits per heavy atom. The monoisotopic (exact) mass is 182 g/mol. The van der Waals surface area contributed by atoms with Gasteiger partial charge in [0.1, 0.15) is 12.6 Å². The lowest BCUT2D eigenvalue weighted by atomic mass is 9.81. The predicted octanol–water partition coefficient (Wildman–Crippen LogP) is 0.862. The van der Waals surface area contributed by atoms with Crippen molar-refractivity contribution in [3.63, 3.8) is 0 Å². The highest BCUT2D eigenvalue weighted by atomic mass is 16.3. The van der Waals surface area contributed by atoms with Crippen LogP contribution in [0.25, 0.3) is 0 Å². The second kappa shape index (κ2) is 4.33. The second-order valence-corrected chi connectivity index (χ2v) is 3.30. The van der Waals surface area contributed by atoms with Gasteiger partial charge in [-0.05, 0) is 19.3 Å². The van der Waals surface area contributed by atoms with E-state index >= 15 is 0 Å². The Morgan fingerprint density at radius 1 is 1.54 bits per heavy atom. The highest BCUT2D eigenvalue weighted by Crippen LogP contribution is 2.29. The van der Waals surface area contributed by atoms with E-state index in [4.69, 9.17) is 0 Å². The normalized spacial score (nSPS) is 28.8. The predicted molar refractivity (Wildman–Crippen MR) is 48.2 cm³/mol. The number of allylic oxidation sites excluding steroid dienone is 1. The van der Waals surface area contributed by atoms with Crippen molar-refractivity contribution >= 4 is 12.6 Å². The van der Waals surface area contributed by atoms with Gasteiger partial charge >= 0.3 is 0 Å². The standard InChI is InChI=1S/C10H14O3/c1-2-7-3-4-10(13)9(6-12)8(7)5-11/h5-6,9-10,13H,2-4H2,1H3/t9-,10-/m0/s1. The minimum Gasteiger partial charge on any atom is -0.392 e. The zero-order valence-electron chi connectivity index (χ0n) is 7.69. The topological polar surface area (TPSA) is 54.4 Å². The Labute approximate surface area is 77.4 Å². The van der Waals surface area contributed by atoms with Crippen molar-refractivity contribution in [2.45, 2.75) is 32.3 Å². The molecule has 0 aromatic rings. The molecule has 1 aliphatic carbocycles. The van der Waals surface area contributed by atoms with Gasteiger partial charge in [-0.3, -0.25) is 4.79 Å². The summed E-state index contributed by atoms with van der Waals surface area (Å²) in [5.41, 5.74) is 1.51. The molecule has 0 aliphatic heterocycles. The Hall–Kier alpha value is -0.960. The number of aliphatic hydroxyl groups is 1. The van der Waals surface area contributed by atoms with Crippen molar-refractivity contribution < 1.29 is 14.7 Å². The zero-order chi connectivity index (χ0) is 9.84. The maximum absolute atomic E-state index is 10.7. The molecule has 0 saturated carbocycles. The van der Waals surface area contributed by atoms with Gasteiger partial charge < -0.3 is 9.90 Å². The molecule has 0 fully saturated rings. The Kier molecular flexibility index (Phi) is 3.37. The summed E-state index contributed by atoms with van der Waals surface area (Å²) in [7, 11) is 0. The lowest BCUT2D eigenvalue weighted by molar-refractivity contribution is -0.115. The molecule has 0 saturated heterocycles. The maximum atomic E-state index is 10.7. The molecule has 0 spiro atoms. The van der Waals surface area contributed by atoms with E-state index in [1.54, 1.807) is 0 Å². The molecular formula is C10H14O3. The molecule has 0 unspecified atom stereocenters. The summed E-state index contributed by atoms with van der Waals surface area (Å²) >= 11 is 0. The number of aliphatic hydroxyl groups excluding tert-OH is 1. The number of rotatable bonds is 3. The molecule has 13 heavy (non-hydrogen) atoms. The Morgan fingerprint density at radius 3 is 2.69 bits per heavy atom. The van der Waals surface area contributed by atoms with Gasteiger partial charge in [-0.15, -0.1) is 0 Å². The van der Waals surface area contributed by atoms with Gasteiger partial charge in [0.2, 0.25) is 0 Å². The summed E-state index contributed by atoms with van der Waals surface area (Å²) < 4.78 is 0. The molecule has 0 heterocycles. The molecule has 0 amide bonds. The summed E-state index contributed by atoms with van der Waals surface area (Å²) in [5.74, 6) is -0.596. The summed E-state index contributed by atoms with van der Waals surface area (Å²) in [6.45, 7) is 1.96. The molecule has 3 nitrogen and oxygen atoms in total. The van der Waals surface area contributed by atoms with Crippen LogP contribution in [0.2, 0.25) is 0 Å². The third-order valence-electron chi connectivity index (χ3n) is 2.62. The van der Waals surface area contributed by atoms with E-state index in [0.29, 0.717) is 24.6 Å². The average Bonchev–Trinajstić information content (AvgIpc) is 2.17. The maximum Gasteiger partial charge on any atom is 0.146 e. The zero-order valence-corrected chi connectivity index (χ0v) is 7.69. The van der Waals surface area contributed by atoms with E-state index < -0.39 is 12.0 Å². The van der Waals surface area contributed by atoms with Crippen molar-refractivity contribution in [3.05, 3.63) is 11.1 Å². The van der Waals surface area contributed by atoms with Gasteiger partial charge in [0.25, 0.3) is 0 Å². The quantitative estimate of drug-likeness (QED) is 0.659. The van der Waals surface area contributed by atoms with E-state index in [2.05, 4.69) is 0 Å². The molecule has 2 atom stereocenters. The fourth-order valence-electron chi connectivity index (χ4n) is 1.80. The molecule has 0 aromatic heterocycles. The summed E-state index contributed by atoms with van der Waals surface area (Å²) in [6, 6.07) is 0. The third kappa shape index (κ3) is 1.86. The molecule has 1 aliphatic rings. The Bertz CT molecular complexity index is 243. The van der Waals surface area contributed by atoms with Crippen molar-refractivity contribution in [2.24, 2.45) is 5.92 Å². The van der Waals surface area contributed by atoms with Crippen LogP contribution in [-0.2, 0) is 9.59 Å². The summed E-state index contributed by atoms with van der Waals surface area (Å²) in [4.78, 5) is 21.4. The van der Waals surface area contributed by atoms with Crippen LogP contribution < -0.4 is 0 Å². The highest BCUT2D eigenvalue weighted by molar-refractivity contribution is 5.83. The van der Waals surface area contributed by atoms with Gasteiger partial charge in [0.05, 0.1) is 12.0 Å². The largest absolute Gasteiger partial charge is 0.392 e. The lowest BCUT2D eigenvalue weighted by Gasteiger charge is -2.26. The van der Waals surface area contributed by atoms with Gasteiger partial charge in [0.15, 0.2) is 0 Å². The van der Waals surface area contributed by atoms with Crippen molar-refractivity contribution in [1.82, 2.24) is 0 Å². The minimum absolute atomic E-state index is 0.497. The second-order valence-electron chi connectivity index (χ2n) is 3.30. The van der Waals surface area contributed by atoms with Crippen LogP contribution in [0.3, 0.4) is 0 Å². The fourth-order valence-corrected chi connectivity index (χ4v) is 1.80.